The number of hydrogen-bond donors (Lipinski definition) is 1. The molecule has 0 aliphatic heterocycles. The molecular formula is C12H16O9S. The second-order valence-corrected chi connectivity index (χ2v) is 4.07. The zero-order valence-electron chi connectivity index (χ0n) is 11.5. The summed E-state index contributed by atoms with van der Waals surface area (Å²) >= 11 is 0. The highest BCUT2D eigenvalue weighted by Gasteiger charge is 2.69. The van der Waals surface area contributed by atoms with Crippen LogP contribution in [0.15, 0.2) is 64.2 Å². The molecule has 0 atom stereocenters. The Labute approximate surface area is 128 Å². The lowest BCUT2D eigenvalue weighted by Crippen LogP contribution is -2.61. The molecule has 0 spiro atoms. The van der Waals surface area contributed by atoms with Gasteiger partial charge in [0.2, 0.25) is 0 Å². The van der Waals surface area contributed by atoms with Gasteiger partial charge in [-0.2, -0.15) is 12.6 Å². The zero-order chi connectivity index (χ0) is 17.3. The molecule has 0 unspecified atom stereocenters. The molecule has 0 aliphatic rings. The van der Waals surface area contributed by atoms with Crippen molar-refractivity contribution in [3.63, 3.8) is 0 Å². The molecule has 0 heterocycles. The molecule has 124 valence electrons. The summed E-state index contributed by atoms with van der Waals surface area (Å²) in [5.74, 6) is -5.53. The van der Waals surface area contributed by atoms with Crippen molar-refractivity contribution in [2.75, 3.05) is 0 Å². The SMILES string of the molecule is C=COC(OC=C)(OC=C)C(OC=C)(OC=C)OS(=O)(=O)O. The van der Waals surface area contributed by atoms with Gasteiger partial charge in [0.1, 0.15) is 0 Å². The van der Waals surface area contributed by atoms with Crippen molar-refractivity contribution in [1.82, 2.24) is 0 Å². The Morgan fingerprint density at radius 3 is 1.18 bits per heavy atom. The summed E-state index contributed by atoms with van der Waals surface area (Å²) in [6.45, 7) is 16.2. The highest BCUT2D eigenvalue weighted by atomic mass is 32.3. The number of hydrogen-bond acceptors (Lipinski definition) is 8. The summed E-state index contributed by atoms with van der Waals surface area (Å²) in [6, 6.07) is 0. The smallest absolute Gasteiger partial charge is 0.429 e. The maximum atomic E-state index is 11.1. The molecule has 0 saturated heterocycles. The first-order valence-corrected chi connectivity index (χ1v) is 6.74. The monoisotopic (exact) mass is 336 g/mol. The van der Waals surface area contributed by atoms with Crippen LogP contribution in [0, 0.1) is 0 Å². The fourth-order valence-electron chi connectivity index (χ4n) is 1.25. The van der Waals surface area contributed by atoms with Crippen LogP contribution in [-0.2, 0) is 38.3 Å². The van der Waals surface area contributed by atoms with E-state index in [0.29, 0.717) is 12.5 Å². The minimum atomic E-state index is -5.15. The minimum Gasteiger partial charge on any atom is -0.429 e. The number of ether oxygens (including phenoxy) is 5. The lowest BCUT2D eigenvalue weighted by molar-refractivity contribution is -0.500. The Morgan fingerprint density at radius 2 is 0.955 bits per heavy atom. The average molecular weight is 336 g/mol. The summed E-state index contributed by atoms with van der Waals surface area (Å²) in [6.07, 6.45) is 3.76. The quantitative estimate of drug-likeness (QED) is 0.306. The van der Waals surface area contributed by atoms with E-state index in [4.69, 9.17) is 28.2 Å². The van der Waals surface area contributed by atoms with Crippen molar-refractivity contribution in [3.05, 3.63) is 64.2 Å². The van der Waals surface area contributed by atoms with Crippen molar-refractivity contribution in [2.24, 2.45) is 0 Å². The van der Waals surface area contributed by atoms with Crippen molar-refractivity contribution in [2.45, 2.75) is 11.9 Å². The lowest BCUT2D eigenvalue weighted by atomic mass is 10.4. The van der Waals surface area contributed by atoms with Gasteiger partial charge in [-0.25, -0.2) is 0 Å². The molecule has 9 nitrogen and oxygen atoms in total. The standard InChI is InChI=1S/C12H16O9S/c1-6-16-11(17-7-2,18-8-3)12(19-9-4,20-10-5)21-22(13,14)15/h6-10H,1-5H2,(H,13,14,15). The van der Waals surface area contributed by atoms with Crippen LogP contribution in [0.1, 0.15) is 0 Å². The summed E-state index contributed by atoms with van der Waals surface area (Å²) in [5, 5.41) is 0. The molecule has 1 N–H and O–H groups in total. The van der Waals surface area contributed by atoms with Gasteiger partial charge in [-0.05, 0) is 0 Å². The van der Waals surface area contributed by atoms with E-state index in [1.807, 2.05) is 0 Å². The Bertz CT molecular complexity index is 486. The fourth-order valence-corrected chi connectivity index (χ4v) is 1.71. The average Bonchev–Trinajstić information content (AvgIpc) is 2.38. The van der Waals surface area contributed by atoms with E-state index in [9.17, 15) is 8.42 Å². The molecule has 0 aromatic heterocycles. The molecule has 0 aromatic carbocycles. The van der Waals surface area contributed by atoms with Crippen LogP contribution in [0.5, 0.6) is 0 Å². The predicted octanol–water partition coefficient (Wildman–Crippen LogP) is 1.91. The van der Waals surface area contributed by atoms with Gasteiger partial charge in [0, 0.05) is 0 Å². The minimum absolute atomic E-state index is 0.703. The topological polar surface area (TPSA) is 110 Å². The molecule has 0 saturated carbocycles. The van der Waals surface area contributed by atoms with E-state index in [1.165, 1.54) is 0 Å². The third kappa shape index (κ3) is 4.55. The summed E-state index contributed by atoms with van der Waals surface area (Å²) in [7, 11) is -5.15. The molecule has 0 radical (unpaired) electrons. The van der Waals surface area contributed by atoms with Gasteiger partial charge in [-0.15, -0.1) is 0 Å². The normalized spacial score (nSPS) is 11.5. The molecule has 0 bridgehead atoms. The van der Waals surface area contributed by atoms with E-state index >= 15 is 0 Å². The third-order valence-corrected chi connectivity index (χ3v) is 2.21. The van der Waals surface area contributed by atoms with Crippen LogP contribution < -0.4 is 0 Å². The van der Waals surface area contributed by atoms with Crippen LogP contribution in [0.3, 0.4) is 0 Å². The molecule has 0 amide bonds. The zero-order valence-corrected chi connectivity index (χ0v) is 12.4. The van der Waals surface area contributed by atoms with Gasteiger partial charge in [-0.3, -0.25) is 4.55 Å². The van der Waals surface area contributed by atoms with Crippen LogP contribution in [-0.4, -0.2) is 24.9 Å². The van der Waals surface area contributed by atoms with E-state index < -0.39 is 22.3 Å². The number of rotatable bonds is 13. The van der Waals surface area contributed by atoms with E-state index in [0.717, 1.165) is 18.8 Å². The van der Waals surface area contributed by atoms with Gasteiger partial charge in [0.15, 0.2) is 0 Å². The maximum Gasteiger partial charge on any atom is 0.532 e. The van der Waals surface area contributed by atoms with E-state index in [-0.39, 0.29) is 0 Å². The van der Waals surface area contributed by atoms with Gasteiger partial charge in [0.05, 0.1) is 31.3 Å². The molecule has 22 heavy (non-hydrogen) atoms. The van der Waals surface area contributed by atoms with Crippen molar-refractivity contribution in [1.29, 1.82) is 0 Å². The third-order valence-electron chi connectivity index (χ3n) is 1.78. The molecule has 0 fully saturated rings. The van der Waals surface area contributed by atoms with E-state index in [2.05, 4.69) is 37.1 Å². The van der Waals surface area contributed by atoms with Crippen LogP contribution >= 0.6 is 0 Å². The van der Waals surface area contributed by atoms with Gasteiger partial charge < -0.3 is 23.7 Å². The first kappa shape index (κ1) is 19.6. The van der Waals surface area contributed by atoms with Gasteiger partial charge >= 0.3 is 22.3 Å². The van der Waals surface area contributed by atoms with Gasteiger partial charge in [-0.1, -0.05) is 32.9 Å². The largest absolute Gasteiger partial charge is 0.532 e. The van der Waals surface area contributed by atoms with Crippen molar-refractivity contribution in [3.8, 4) is 0 Å². The Morgan fingerprint density at radius 1 is 0.682 bits per heavy atom. The molecular weight excluding hydrogens is 320 g/mol. The first-order chi connectivity index (χ1) is 10.3. The van der Waals surface area contributed by atoms with Gasteiger partial charge in [0.25, 0.3) is 0 Å². The Balaban J connectivity index is 6.34. The molecule has 0 aromatic rings. The van der Waals surface area contributed by atoms with Crippen LogP contribution in [0.2, 0.25) is 0 Å². The Hall–Kier alpha value is -2.43. The van der Waals surface area contributed by atoms with Crippen molar-refractivity contribution < 1.29 is 40.8 Å². The summed E-state index contributed by atoms with van der Waals surface area (Å²) < 4.78 is 60.1. The second kappa shape index (κ2) is 8.12. The first-order valence-electron chi connectivity index (χ1n) is 5.38. The predicted molar refractivity (Wildman–Crippen MR) is 74.5 cm³/mol. The fraction of sp³-hybridized carbons (Fsp3) is 0.167. The summed E-state index contributed by atoms with van der Waals surface area (Å²) in [5.41, 5.74) is 0. The second-order valence-electron chi connectivity index (χ2n) is 3.05. The summed E-state index contributed by atoms with van der Waals surface area (Å²) in [4.78, 5) is 0. The highest BCUT2D eigenvalue weighted by Crippen LogP contribution is 2.38. The molecule has 0 aliphatic carbocycles. The van der Waals surface area contributed by atoms with Crippen molar-refractivity contribution >= 4 is 10.4 Å². The van der Waals surface area contributed by atoms with Crippen LogP contribution in [0.25, 0.3) is 0 Å². The Kier molecular flexibility index (Phi) is 7.22. The highest BCUT2D eigenvalue weighted by molar-refractivity contribution is 7.80. The molecule has 0 rings (SSSR count). The lowest BCUT2D eigenvalue weighted by Gasteiger charge is -2.40. The van der Waals surface area contributed by atoms with Crippen LogP contribution in [0.4, 0.5) is 0 Å². The van der Waals surface area contributed by atoms with E-state index in [1.54, 1.807) is 0 Å². The molecule has 10 heteroatoms. The maximum absolute atomic E-state index is 11.1.